The van der Waals surface area contributed by atoms with Gasteiger partial charge in [-0.15, -0.1) is 14.5 Å². The molecule has 0 saturated carbocycles. The monoisotopic (exact) mass is 495 g/mol. The summed E-state index contributed by atoms with van der Waals surface area (Å²) < 4.78 is 0. The first kappa shape index (κ1) is 34.5. The molecule has 0 spiro atoms. The topological polar surface area (TPSA) is 27.7 Å². The normalized spacial score (nSPS) is 14.8. The quantitative estimate of drug-likeness (QED) is 0.0905. The molecule has 0 amide bonds. The van der Waals surface area contributed by atoms with Crippen molar-refractivity contribution in [3.05, 3.63) is 0 Å². The maximum Gasteiger partial charge on any atom is 0.185 e. The van der Waals surface area contributed by atoms with Gasteiger partial charge in [-0.05, 0) is 12.0 Å². The molecule has 0 rings (SSSR count). The highest BCUT2D eigenvalue weighted by Crippen LogP contribution is 2.37. The van der Waals surface area contributed by atoms with Gasteiger partial charge in [-0.1, -0.05) is 123 Å². The number of hydroxylamine groups is 3. The summed E-state index contributed by atoms with van der Waals surface area (Å²) in [6.07, 6.45) is 25.2. The van der Waals surface area contributed by atoms with E-state index in [9.17, 15) is 0 Å². The molecule has 0 bridgehead atoms. The summed E-state index contributed by atoms with van der Waals surface area (Å²) in [5.74, 6) is 0. The van der Waals surface area contributed by atoms with Crippen LogP contribution in [0, 0.1) is 0 Å². The number of hydrogen-bond acceptors (Lipinski definition) is 3. The largest absolute Gasteiger partial charge is 1.00 e. The van der Waals surface area contributed by atoms with E-state index in [2.05, 4.69) is 20.8 Å². The standard InChI is InChI=1S/C26H58NO3Si.ClH/c1-7-8-9-10-11-12-13-14-15-16-17-18-19-20-21-22-23-26(3,31)24-25(2)27(28-4,29-5)30-6;/h25H,7-24H2,1-6,31H3;1H/q+1;/p-1. The van der Waals surface area contributed by atoms with E-state index < -0.39 is 0 Å². The van der Waals surface area contributed by atoms with E-state index in [1.54, 1.807) is 21.3 Å². The van der Waals surface area contributed by atoms with Crippen LogP contribution in [-0.4, -0.2) is 42.6 Å². The molecule has 0 fully saturated rings. The first-order chi connectivity index (χ1) is 14.9. The third kappa shape index (κ3) is 16.9. The smallest absolute Gasteiger partial charge is 0.185 e. The molecular weight excluding hydrogens is 438 g/mol. The molecule has 0 aliphatic heterocycles. The second-order valence-corrected chi connectivity index (χ2v) is 12.8. The van der Waals surface area contributed by atoms with Gasteiger partial charge in [0.25, 0.3) is 0 Å². The third-order valence-corrected chi connectivity index (χ3v) is 7.77. The highest BCUT2D eigenvalue weighted by atomic mass is 35.5. The van der Waals surface area contributed by atoms with Crippen LogP contribution in [0.1, 0.15) is 136 Å². The lowest BCUT2D eigenvalue weighted by Gasteiger charge is -2.35. The molecule has 0 aromatic heterocycles. The van der Waals surface area contributed by atoms with Crippen molar-refractivity contribution < 1.29 is 31.9 Å². The zero-order valence-electron chi connectivity index (χ0n) is 22.9. The van der Waals surface area contributed by atoms with Crippen molar-refractivity contribution in [1.29, 1.82) is 0 Å². The fourth-order valence-corrected chi connectivity index (χ4v) is 5.87. The van der Waals surface area contributed by atoms with E-state index >= 15 is 0 Å². The number of hydrogen-bond donors (Lipinski definition) is 0. The second-order valence-electron chi connectivity index (χ2n) is 10.4. The van der Waals surface area contributed by atoms with Gasteiger partial charge in [-0.2, -0.15) is 0 Å². The SMILES string of the molecule is CCCCCCCCCCCCCCCCCCC(C)([SiH3])CC(C)[N+](OC)(OC)OC.[Cl-]. The molecule has 0 aliphatic rings. The molecule has 0 aromatic rings. The fourth-order valence-electron chi connectivity index (χ4n) is 4.93. The van der Waals surface area contributed by atoms with Crippen LogP contribution in [0.3, 0.4) is 0 Å². The Kier molecular flexibility index (Phi) is 23.6. The summed E-state index contributed by atoms with van der Waals surface area (Å²) in [5.41, 5.74) is 0. The van der Waals surface area contributed by atoms with Crippen LogP contribution in [0.4, 0.5) is 0 Å². The molecule has 0 aliphatic carbocycles. The Morgan fingerprint density at radius 1 is 0.656 bits per heavy atom. The molecule has 2 unspecified atom stereocenters. The van der Waals surface area contributed by atoms with Crippen LogP contribution in [0.2, 0.25) is 5.04 Å². The van der Waals surface area contributed by atoms with Gasteiger partial charge in [0.05, 0.1) is 4.97 Å². The van der Waals surface area contributed by atoms with Gasteiger partial charge in [-0.3, -0.25) is 0 Å². The zero-order chi connectivity index (χ0) is 23.4. The fraction of sp³-hybridized carbons (Fsp3) is 1.00. The van der Waals surface area contributed by atoms with Crippen LogP contribution in [-0.2, 0) is 14.5 Å². The van der Waals surface area contributed by atoms with Crippen molar-refractivity contribution in [1.82, 2.24) is 0 Å². The summed E-state index contributed by atoms with van der Waals surface area (Å²) in [5, 5.41) is 0.397. The average Bonchev–Trinajstić information content (AvgIpc) is 2.74. The number of rotatable bonds is 23. The van der Waals surface area contributed by atoms with E-state index in [1.807, 2.05) is 0 Å². The van der Waals surface area contributed by atoms with Crippen LogP contribution < -0.4 is 12.4 Å². The summed E-state index contributed by atoms with van der Waals surface area (Å²) in [4.78, 5) is 16.3. The van der Waals surface area contributed by atoms with Crippen LogP contribution in [0.15, 0.2) is 0 Å². The van der Waals surface area contributed by atoms with Crippen molar-refractivity contribution in [2.24, 2.45) is 0 Å². The minimum atomic E-state index is -0.184. The lowest BCUT2D eigenvalue weighted by molar-refractivity contribution is -1.37. The van der Waals surface area contributed by atoms with E-state index in [0.29, 0.717) is 5.04 Å². The molecule has 0 saturated heterocycles. The molecule has 4 nitrogen and oxygen atoms in total. The lowest BCUT2D eigenvalue weighted by atomic mass is 9.94. The van der Waals surface area contributed by atoms with Gasteiger partial charge in [0, 0.05) is 16.7 Å². The first-order valence-corrected chi connectivity index (χ1v) is 14.4. The maximum atomic E-state index is 5.49. The van der Waals surface area contributed by atoms with Crippen LogP contribution >= 0.6 is 0 Å². The van der Waals surface area contributed by atoms with Gasteiger partial charge < -0.3 is 12.4 Å². The van der Waals surface area contributed by atoms with Gasteiger partial charge >= 0.3 is 0 Å². The third-order valence-electron chi connectivity index (χ3n) is 6.86. The van der Waals surface area contributed by atoms with Gasteiger partial charge in [0.2, 0.25) is 0 Å². The first-order valence-electron chi connectivity index (χ1n) is 13.4. The highest BCUT2D eigenvalue weighted by molar-refractivity contribution is 6.14. The lowest BCUT2D eigenvalue weighted by Crippen LogP contribution is -3.00. The number of quaternary nitrogens is 1. The van der Waals surface area contributed by atoms with Gasteiger partial charge in [0.1, 0.15) is 21.3 Å². The van der Waals surface area contributed by atoms with Gasteiger partial charge in [0.15, 0.2) is 6.04 Å². The molecule has 32 heavy (non-hydrogen) atoms. The van der Waals surface area contributed by atoms with Crippen molar-refractivity contribution in [3.8, 4) is 0 Å². The van der Waals surface area contributed by atoms with E-state index in [0.717, 1.165) is 6.42 Å². The summed E-state index contributed by atoms with van der Waals surface area (Å²) in [6, 6.07) is 0.156. The Morgan fingerprint density at radius 2 is 0.969 bits per heavy atom. The molecule has 0 aromatic carbocycles. The molecule has 0 heterocycles. The number of nitrogens with zero attached hydrogens (tertiary/aromatic N) is 1. The summed E-state index contributed by atoms with van der Waals surface area (Å²) >= 11 is 0. The molecule has 6 heteroatoms. The summed E-state index contributed by atoms with van der Waals surface area (Å²) in [6.45, 7) is 6.86. The van der Waals surface area contributed by atoms with Crippen molar-refractivity contribution >= 4 is 10.2 Å². The highest BCUT2D eigenvalue weighted by Gasteiger charge is 2.41. The second kappa shape index (κ2) is 21.9. The Balaban J connectivity index is 0. The number of unbranched alkanes of at least 4 members (excludes halogenated alkanes) is 15. The maximum absolute atomic E-state index is 5.49. The van der Waals surface area contributed by atoms with Crippen molar-refractivity contribution in [2.75, 3.05) is 21.3 Å². The zero-order valence-corrected chi connectivity index (χ0v) is 25.6. The Morgan fingerprint density at radius 3 is 1.28 bits per heavy atom. The van der Waals surface area contributed by atoms with E-state index in [-0.39, 0.29) is 23.4 Å². The van der Waals surface area contributed by atoms with Crippen molar-refractivity contribution in [3.63, 3.8) is 0 Å². The predicted molar refractivity (Wildman–Crippen MR) is 138 cm³/mol. The minimum Gasteiger partial charge on any atom is -1.00 e. The Hall–Kier alpha value is 0.347. The van der Waals surface area contributed by atoms with Gasteiger partial charge in [-0.25, -0.2) is 0 Å². The molecule has 0 N–H and O–H groups in total. The minimum absolute atomic E-state index is 0. The molecule has 0 radical (unpaired) electrons. The molecular formula is C26H58ClNO3Si. The van der Waals surface area contributed by atoms with Crippen LogP contribution in [0.5, 0.6) is 0 Å². The Bertz CT molecular complexity index is 387. The molecule has 2 atom stereocenters. The van der Waals surface area contributed by atoms with Crippen LogP contribution in [0.25, 0.3) is 0 Å². The molecule has 196 valence electrons. The predicted octanol–water partition coefficient (Wildman–Crippen LogP) is 4.47. The van der Waals surface area contributed by atoms with Crippen molar-refractivity contribution in [2.45, 2.75) is 147 Å². The Labute approximate surface area is 210 Å². The van der Waals surface area contributed by atoms with E-state index in [1.165, 1.54) is 119 Å². The average molecular weight is 496 g/mol. The number of halogens is 1. The van der Waals surface area contributed by atoms with E-state index in [4.69, 9.17) is 14.5 Å². The summed E-state index contributed by atoms with van der Waals surface area (Å²) in [7, 11) is 6.11.